The summed E-state index contributed by atoms with van der Waals surface area (Å²) in [6, 6.07) is 9.03. The zero-order chi connectivity index (χ0) is 14.3. The number of nitrogen functional groups attached to an aromatic ring is 1. The summed E-state index contributed by atoms with van der Waals surface area (Å²) in [7, 11) is 3.94. The second-order valence-electron chi connectivity index (χ2n) is 4.77. The SMILES string of the molecule is CN(C)c1ccc(-c2nnc3c(N)cc(F)cn23)cc1. The van der Waals surface area contributed by atoms with E-state index in [1.807, 2.05) is 43.3 Å². The second kappa shape index (κ2) is 4.48. The van der Waals surface area contributed by atoms with Crippen molar-refractivity contribution in [3.63, 3.8) is 0 Å². The van der Waals surface area contributed by atoms with Crippen molar-refractivity contribution in [2.75, 3.05) is 24.7 Å². The van der Waals surface area contributed by atoms with Gasteiger partial charge in [-0.1, -0.05) is 0 Å². The van der Waals surface area contributed by atoms with Crippen molar-refractivity contribution in [3.8, 4) is 11.4 Å². The molecule has 6 heteroatoms. The van der Waals surface area contributed by atoms with Gasteiger partial charge < -0.3 is 10.6 Å². The predicted molar refractivity (Wildman–Crippen MR) is 77.1 cm³/mol. The van der Waals surface area contributed by atoms with Crippen molar-refractivity contribution in [1.29, 1.82) is 0 Å². The van der Waals surface area contributed by atoms with Gasteiger partial charge in [0.2, 0.25) is 0 Å². The maximum Gasteiger partial charge on any atom is 0.184 e. The highest BCUT2D eigenvalue weighted by molar-refractivity contribution is 5.69. The third-order valence-corrected chi connectivity index (χ3v) is 3.14. The molecule has 0 fully saturated rings. The van der Waals surface area contributed by atoms with Crippen LogP contribution in [0.3, 0.4) is 0 Å². The number of hydrogen-bond acceptors (Lipinski definition) is 4. The fourth-order valence-corrected chi connectivity index (χ4v) is 2.09. The Bertz CT molecular complexity index is 761. The Morgan fingerprint density at radius 2 is 1.85 bits per heavy atom. The van der Waals surface area contributed by atoms with Crippen molar-refractivity contribution < 1.29 is 4.39 Å². The molecule has 0 saturated carbocycles. The Morgan fingerprint density at radius 3 is 2.50 bits per heavy atom. The molecule has 2 heterocycles. The number of fused-ring (bicyclic) bond motifs is 1. The summed E-state index contributed by atoms with van der Waals surface area (Å²) < 4.78 is 15.0. The Kier molecular flexibility index (Phi) is 2.78. The van der Waals surface area contributed by atoms with Gasteiger partial charge in [-0.15, -0.1) is 10.2 Å². The molecule has 2 N–H and O–H groups in total. The van der Waals surface area contributed by atoms with Crippen molar-refractivity contribution in [1.82, 2.24) is 14.6 Å². The Balaban J connectivity index is 2.14. The van der Waals surface area contributed by atoms with Crippen LogP contribution in [0.4, 0.5) is 15.8 Å². The van der Waals surface area contributed by atoms with Crippen LogP contribution in [0, 0.1) is 5.82 Å². The summed E-state index contributed by atoms with van der Waals surface area (Å²) in [5.41, 5.74) is 8.40. The maximum absolute atomic E-state index is 13.5. The summed E-state index contributed by atoms with van der Waals surface area (Å²) >= 11 is 0. The highest BCUT2D eigenvalue weighted by atomic mass is 19.1. The van der Waals surface area contributed by atoms with Gasteiger partial charge in [0.15, 0.2) is 11.5 Å². The lowest BCUT2D eigenvalue weighted by molar-refractivity contribution is 0.620. The van der Waals surface area contributed by atoms with Gasteiger partial charge in [-0.25, -0.2) is 4.39 Å². The molecule has 3 rings (SSSR count). The van der Waals surface area contributed by atoms with E-state index in [9.17, 15) is 4.39 Å². The molecule has 2 aromatic heterocycles. The van der Waals surface area contributed by atoms with Crippen molar-refractivity contribution in [2.24, 2.45) is 0 Å². The topological polar surface area (TPSA) is 59.5 Å². The molecule has 3 aromatic rings. The number of rotatable bonds is 2. The first-order chi connectivity index (χ1) is 9.56. The van der Waals surface area contributed by atoms with Crippen LogP contribution < -0.4 is 10.6 Å². The lowest BCUT2D eigenvalue weighted by Crippen LogP contribution is -2.08. The first kappa shape index (κ1) is 12.4. The van der Waals surface area contributed by atoms with Crippen molar-refractivity contribution >= 4 is 17.0 Å². The number of benzene rings is 1. The molecule has 0 unspecified atom stereocenters. The zero-order valence-corrected chi connectivity index (χ0v) is 11.2. The minimum absolute atomic E-state index is 0.272. The van der Waals surface area contributed by atoms with E-state index >= 15 is 0 Å². The number of nitrogens with zero attached hydrogens (tertiary/aromatic N) is 4. The molecule has 0 radical (unpaired) electrons. The first-order valence-electron chi connectivity index (χ1n) is 6.14. The summed E-state index contributed by atoms with van der Waals surface area (Å²) in [6.07, 6.45) is 1.33. The first-order valence-corrected chi connectivity index (χ1v) is 6.14. The standard InChI is InChI=1S/C14H14FN5/c1-19(2)11-5-3-9(4-6-11)13-17-18-14-12(16)7-10(15)8-20(13)14/h3-8H,16H2,1-2H3. The maximum atomic E-state index is 13.5. The number of pyridine rings is 1. The van der Waals surface area contributed by atoms with Gasteiger partial charge in [-0.3, -0.25) is 4.40 Å². The minimum atomic E-state index is -0.416. The molecule has 0 saturated heterocycles. The smallest absolute Gasteiger partial charge is 0.184 e. The fourth-order valence-electron chi connectivity index (χ4n) is 2.09. The average Bonchev–Trinajstić information content (AvgIpc) is 2.82. The number of hydrogen-bond donors (Lipinski definition) is 1. The van der Waals surface area contributed by atoms with Gasteiger partial charge in [0.25, 0.3) is 0 Å². The van der Waals surface area contributed by atoms with Crippen LogP contribution in [0.1, 0.15) is 0 Å². The quantitative estimate of drug-likeness (QED) is 0.776. The molecule has 0 aliphatic rings. The fraction of sp³-hybridized carbons (Fsp3) is 0.143. The molecule has 0 atom stereocenters. The Morgan fingerprint density at radius 1 is 1.15 bits per heavy atom. The highest BCUT2D eigenvalue weighted by Crippen LogP contribution is 2.23. The predicted octanol–water partition coefficient (Wildman–Crippen LogP) is 2.18. The molecule has 102 valence electrons. The Hall–Kier alpha value is -2.63. The summed E-state index contributed by atoms with van der Waals surface area (Å²) in [5, 5.41) is 8.10. The summed E-state index contributed by atoms with van der Waals surface area (Å²) in [6.45, 7) is 0. The van der Waals surface area contributed by atoms with Gasteiger partial charge in [0.1, 0.15) is 5.82 Å². The van der Waals surface area contributed by atoms with Gasteiger partial charge in [0.05, 0.1) is 5.69 Å². The van der Waals surface area contributed by atoms with Crippen LogP contribution in [0.15, 0.2) is 36.5 Å². The van der Waals surface area contributed by atoms with E-state index in [-0.39, 0.29) is 5.69 Å². The van der Waals surface area contributed by atoms with Gasteiger partial charge in [-0.05, 0) is 24.3 Å². The largest absolute Gasteiger partial charge is 0.396 e. The van der Waals surface area contributed by atoms with Crippen molar-refractivity contribution in [3.05, 3.63) is 42.3 Å². The molecule has 20 heavy (non-hydrogen) atoms. The summed E-state index contributed by atoms with van der Waals surface area (Å²) in [4.78, 5) is 2.00. The van der Waals surface area contributed by atoms with Crippen LogP contribution in [0.25, 0.3) is 17.0 Å². The van der Waals surface area contributed by atoms with Gasteiger partial charge >= 0.3 is 0 Å². The molecule has 0 amide bonds. The normalized spacial score (nSPS) is 10.9. The van der Waals surface area contributed by atoms with Crippen LogP contribution >= 0.6 is 0 Å². The van der Waals surface area contributed by atoms with Gasteiger partial charge in [-0.2, -0.15) is 0 Å². The van der Waals surface area contributed by atoms with E-state index < -0.39 is 5.82 Å². The van der Waals surface area contributed by atoms with Crippen LogP contribution in [-0.4, -0.2) is 28.7 Å². The third kappa shape index (κ3) is 1.95. The van der Waals surface area contributed by atoms with E-state index in [0.717, 1.165) is 11.3 Å². The van der Waals surface area contributed by atoms with E-state index in [2.05, 4.69) is 10.2 Å². The van der Waals surface area contributed by atoms with Crippen molar-refractivity contribution in [2.45, 2.75) is 0 Å². The second-order valence-corrected chi connectivity index (χ2v) is 4.77. The van der Waals surface area contributed by atoms with E-state index in [1.54, 1.807) is 4.40 Å². The average molecular weight is 271 g/mol. The molecular weight excluding hydrogens is 257 g/mol. The summed E-state index contributed by atoms with van der Waals surface area (Å²) in [5.74, 6) is 0.150. The highest BCUT2D eigenvalue weighted by Gasteiger charge is 2.11. The van der Waals surface area contributed by atoms with Crippen LogP contribution in [-0.2, 0) is 0 Å². The van der Waals surface area contributed by atoms with Crippen LogP contribution in [0.2, 0.25) is 0 Å². The molecule has 0 spiro atoms. The molecule has 5 nitrogen and oxygen atoms in total. The number of anilines is 2. The lowest BCUT2D eigenvalue weighted by atomic mass is 10.2. The number of halogens is 1. The third-order valence-electron chi connectivity index (χ3n) is 3.14. The van der Waals surface area contributed by atoms with Gasteiger partial charge in [0, 0.05) is 37.6 Å². The number of aromatic nitrogens is 3. The molecular formula is C14H14FN5. The molecule has 0 aliphatic carbocycles. The number of nitrogens with two attached hydrogens (primary N) is 1. The minimum Gasteiger partial charge on any atom is -0.396 e. The monoisotopic (exact) mass is 271 g/mol. The lowest BCUT2D eigenvalue weighted by Gasteiger charge is -2.12. The zero-order valence-electron chi connectivity index (χ0n) is 11.2. The molecule has 0 aliphatic heterocycles. The van der Waals surface area contributed by atoms with E-state index in [0.29, 0.717) is 11.5 Å². The molecule has 1 aromatic carbocycles. The van der Waals surface area contributed by atoms with E-state index in [4.69, 9.17) is 5.73 Å². The van der Waals surface area contributed by atoms with E-state index in [1.165, 1.54) is 12.3 Å². The van der Waals surface area contributed by atoms with Crippen LogP contribution in [0.5, 0.6) is 0 Å². The Labute approximate surface area is 115 Å². The molecule has 0 bridgehead atoms.